The highest BCUT2D eigenvalue weighted by molar-refractivity contribution is 7.91. The SMILES string of the molecule is CC(=O)OCc1ccccc1S(=O)(=O)c1ccccc1CN[C@H](C)c1cccc2ccccc12. The molecule has 0 saturated carbocycles. The monoisotopic (exact) mass is 473 g/mol. The van der Waals surface area contributed by atoms with E-state index >= 15 is 0 Å². The fraction of sp³-hybridized carbons (Fsp3) is 0.179. The molecule has 0 amide bonds. The Balaban J connectivity index is 1.62. The van der Waals surface area contributed by atoms with E-state index in [-0.39, 0.29) is 22.4 Å². The summed E-state index contributed by atoms with van der Waals surface area (Å²) >= 11 is 0. The van der Waals surface area contributed by atoms with Crippen LogP contribution in [-0.2, 0) is 32.5 Å². The van der Waals surface area contributed by atoms with Gasteiger partial charge in [0.2, 0.25) is 9.84 Å². The first-order valence-electron chi connectivity index (χ1n) is 11.1. The van der Waals surface area contributed by atoms with Crippen LogP contribution in [0.5, 0.6) is 0 Å². The van der Waals surface area contributed by atoms with Crippen molar-refractivity contribution in [2.45, 2.75) is 42.8 Å². The number of esters is 1. The van der Waals surface area contributed by atoms with E-state index < -0.39 is 15.8 Å². The summed E-state index contributed by atoms with van der Waals surface area (Å²) in [7, 11) is -3.83. The van der Waals surface area contributed by atoms with Gasteiger partial charge >= 0.3 is 5.97 Å². The number of carbonyl (C=O) groups is 1. The zero-order chi connectivity index (χ0) is 24.1. The molecule has 5 nitrogen and oxygen atoms in total. The van der Waals surface area contributed by atoms with Crippen LogP contribution in [0.25, 0.3) is 10.8 Å². The van der Waals surface area contributed by atoms with E-state index in [0.717, 1.165) is 5.56 Å². The molecule has 0 aliphatic carbocycles. The van der Waals surface area contributed by atoms with Crippen molar-refractivity contribution in [3.8, 4) is 0 Å². The standard InChI is InChI=1S/C28H27NO4S/c1-20(25-15-9-13-22-10-3-6-14-26(22)25)29-18-23-11-4-7-16-27(23)34(31,32)28-17-8-5-12-24(28)19-33-21(2)30/h3-17,20,29H,18-19H2,1-2H3/t20-/m1/s1. The molecule has 0 bridgehead atoms. The molecule has 0 saturated heterocycles. The van der Waals surface area contributed by atoms with E-state index in [2.05, 4.69) is 36.5 Å². The quantitative estimate of drug-likeness (QED) is 0.338. The molecule has 6 heteroatoms. The zero-order valence-corrected chi connectivity index (χ0v) is 20.0. The number of nitrogens with one attached hydrogen (secondary N) is 1. The third kappa shape index (κ3) is 5.03. The molecule has 0 fully saturated rings. The van der Waals surface area contributed by atoms with Crippen molar-refractivity contribution >= 4 is 26.6 Å². The minimum Gasteiger partial charge on any atom is -0.461 e. The average molecular weight is 474 g/mol. The second kappa shape index (κ2) is 10.2. The van der Waals surface area contributed by atoms with E-state index in [1.54, 1.807) is 36.4 Å². The molecule has 0 spiro atoms. The van der Waals surface area contributed by atoms with Crippen molar-refractivity contribution in [1.29, 1.82) is 0 Å². The summed E-state index contributed by atoms with van der Waals surface area (Å²) in [6.45, 7) is 3.66. The summed E-state index contributed by atoms with van der Waals surface area (Å²) in [6.07, 6.45) is 0. The fourth-order valence-electron chi connectivity index (χ4n) is 4.10. The smallest absolute Gasteiger partial charge is 0.302 e. The first-order valence-corrected chi connectivity index (χ1v) is 12.6. The Kier molecular flexibility index (Phi) is 7.10. The van der Waals surface area contributed by atoms with Crippen LogP contribution in [0, 0.1) is 0 Å². The van der Waals surface area contributed by atoms with Gasteiger partial charge in [-0.05, 0) is 41.0 Å². The van der Waals surface area contributed by atoms with Crippen molar-refractivity contribution in [2.75, 3.05) is 0 Å². The Morgan fingerprint density at radius 3 is 2.15 bits per heavy atom. The van der Waals surface area contributed by atoms with Crippen molar-refractivity contribution in [3.63, 3.8) is 0 Å². The molecule has 0 radical (unpaired) electrons. The molecular weight excluding hydrogens is 446 g/mol. The molecule has 0 aliphatic heterocycles. The van der Waals surface area contributed by atoms with Gasteiger partial charge in [-0.2, -0.15) is 0 Å². The lowest BCUT2D eigenvalue weighted by Gasteiger charge is -2.19. The van der Waals surface area contributed by atoms with Crippen LogP contribution < -0.4 is 5.32 Å². The van der Waals surface area contributed by atoms with Crippen LogP contribution in [0.15, 0.2) is 101 Å². The highest BCUT2D eigenvalue weighted by Crippen LogP contribution is 2.29. The second-order valence-corrected chi connectivity index (χ2v) is 10.1. The van der Waals surface area contributed by atoms with Crippen LogP contribution in [0.2, 0.25) is 0 Å². The lowest BCUT2D eigenvalue weighted by molar-refractivity contribution is -0.142. The summed E-state index contributed by atoms with van der Waals surface area (Å²) in [5.41, 5.74) is 2.28. The van der Waals surface area contributed by atoms with Gasteiger partial charge in [0.25, 0.3) is 0 Å². The second-order valence-electron chi connectivity index (χ2n) is 8.17. The number of fused-ring (bicyclic) bond motifs is 1. The molecule has 1 N–H and O–H groups in total. The first kappa shape index (κ1) is 23.7. The fourth-order valence-corrected chi connectivity index (χ4v) is 5.81. The Labute approximate surface area is 200 Å². The van der Waals surface area contributed by atoms with Gasteiger partial charge < -0.3 is 10.1 Å². The summed E-state index contributed by atoms with van der Waals surface area (Å²) in [5.74, 6) is -0.459. The van der Waals surface area contributed by atoms with Gasteiger partial charge in [0.15, 0.2) is 0 Å². The Morgan fingerprint density at radius 1 is 0.824 bits per heavy atom. The average Bonchev–Trinajstić information content (AvgIpc) is 2.86. The number of benzene rings is 4. The van der Waals surface area contributed by atoms with E-state index in [4.69, 9.17) is 4.74 Å². The topological polar surface area (TPSA) is 72.5 Å². The van der Waals surface area contributed by atoms with Gasteiger partial charge in [-0.15, -0.1) is 0 Å². The highest BCUT2D eigenvalue weighted by atomic mass is 32.2. The summed E-state index contributed by atoms with van der Waals surface area (Å²) in [5, 5.41) is 5.83. The number of carbonyl (C=O) groups excluding carboxylic acids is 1. The lowest BCUT2D eigenvalue weighted by atomic mass is 9.99. The third-order valence-electron chi connectivity index (χ3n) is 5.84. The molecule has 34 heavy (non-hydrogen) atoms. The highest BCUT2D eigenvalue weighted by Gasteiger charge is 2.24. The van der Waals surface area contributed by atoms with Crippen LogP contribution in [0.4, 0.5) is 0 Å². The molecule has 0 unspecified atom stereocenters. The zero-order valence-electron chi connectivity index (χ0n) is 19.2. The number of hydrogen-bond donors (Lipinski definition) is 1. The van der Waals surface area contributed by atoms with Crippen molar-refractivity contribution in [1.82, 2.24) is 5.32 Å². The molecule has 0 heterocycles. The van der Waals surface area contributed by atoms with E-state index in [1.807, 2.05) is 30.3 Å². The maximum atomic E-state index is 13.6. The number of rotatable bonds is 8. The van der Waals surface area contributed by atoms with Gasteiger partial charge in [-0.25, -0.2) is 8.42 Å². The number of hydrogen-bond acceptors (Lipinski definition) is 5. The maximum Gasteiger partial charge on any atom is 0.302 e. The van der Waals surface area contributed by atoms with Gasteiger partial charge in [0.05, 0.1) is 9.79 Å². The molecule has 174 valence electrons. The normalized spacial score (nSPS) is 12.4. The van der Waals surface area contributed by atoms with Crippen molar-refractivity contribution in [2.24, 2.45) is 0 Å². The first-order chi connectivity index (χ1) is 16.4. The molecule has 4 aromatic carbocycles. The maximum absolute atomic E-state index is 13.6. The summed E-state index contributed by atoms with van der Waals surface area (Å²) in [6, 6.07) is 28.1. The Bertz CT molecular complexity index is 1420. The molecule has 1 atom stereocenters. The van der Waals surface area contributed by atoms with Crippen LogP contribution in [0.1, 0.15) is 36.6 Å². The van der Waals surface area contributed by atoms with Gasteiger partial charge in [0, 0.05) is 25.1 Å². The number of sulfone groups is 1. The van der Waals surface area contributed by atoms with Gasteiger partial charge in [-0.1, -0.05) is 78.9 Å². The van der Waals surface area contributed by atoms with Crippen LogP contribution >= 0.6 is 0 Å². The Morgan fingerprint density at radius 2 is 1.41 bits per heavy atom. The van der Waals surface area contributed by atoms with E-state index in [1.165, 1.54) is 17.7 Å². The molecule has 4 aromatic rings. The number of ether oxygens (including phenoxy) is 1. The Hall–Kier alpha value is -3.48. The predicted octanol–water partition coefficient (Wildman–Crippen LogP) is 5.59. The molecular formula is C28H27NO4S. The molecule has 0 aliphatic rings. The van der Waals surface area contributed by atoms with Crippen molar-refractivity contribution < 1.29 is 17.9 Å². The van der Waals surface area contributed by atoms with Crippen molar-refractivity contribution in [3.05, 3.63) is 108 Å². The van der Waals surface area contributed by atoms with E-state index in [0.29, 0.717) is 17.7 Å². The minimum absolute atomic E-state index is 0.0121. The molecule has 0 aromatic heterocycles. The lowest BCUT2D eigenvalue weighted by Crippen LogP contribution is -2.20. The molecule has 4 rings (SSSR count). The summed E-state index contributed by atoms with van der Waals surface area (Å²) in [4.78, 5) is 11.7. The van der Waals surface area contributed by atoms with Crippen LogP contribution in [-0.4, -0.2) is 14.4 Å². The van der Waals surface area contributed by atoms with Gasteiger partial charge in [0.1, 0.15) is 6.61 Å². The van der Waals surface area contributed by atoms with E-state index in [9.17, 15) is 13.2 Å². The van der Waals surface area contributed by atoms with Gasteiger partial charge in [-0.3, -0.25) is 4.79 Å². The van der Waals surface area contributed by atoms with Crippen LogP contribution in [0.3, 0.4) is 0 Å². The predicted molar refractivity (Wildman–Crippen MR) is 133 cm³/mol. The minimum atomic E-state index is -3.83. The third-order valence-corrected chi connectivity index (χ3v) is 7.80. The summed E-state index contributed by atoms with van der Waals surface area (Å²) < 4.78 is 32.4. The largest absolute Gasteiger partial charge is 0.461 e.